The fraction of sp³-hybridized carbons (Fsp3) is 0.789. The average Bonchev–Trinajstić information content (AvgIpc) is 3.27. The van der Waals surface area contributed by atoms with Gasteiger partial charge in [-0.3, -0.25) is 4.99 Å². The summed E-state index contributed by atoms with van der Waals surface area (Å²) in [7, 11) is 6.23. The molecule has 0 atom stereocenters. The molecule has 0 bridgehead atoms. The summed E-state index contributed by atoms with van der Waals surface area (Å²) in [6, 6.07) is 0.781. The first-order chi connectivity index (χ1) is 12.2. The summed E-state index contributed by atoms with van der Waals surface area (Å²) in [6.45, 7) is 2.86. The quantitative estimate of drug-likeness (QED) is 0.623. The highest BCUT2D eigenvalue weighted by atomic mass is 32.1. The van der Waals surface area contributed by atoms with Crippen LogP contribution < -0.4 is 5.32 Å². The van der Waals surface area contributed by atoms with Gasteiger partial charge in [0.1, 0.15) is 5.01 Å². The molecule has 1 saturated carbocycles. The first kappa shape index (κ1) is 18.6. The summed E-state index contributed by atoms with van der Waals surface area (Å²) in [5.41, 5.74) is 1.35. The van der Waals surface area contributed by atoms with Gasteiger partial charge in [0.15, 0.2) is 5.96 Å². The zero-order valence-corrected chi connectivity index (χ0v) is 16.9. The number of aryl methyl sites for hydroxylation is 2. The molecule has 2 aliphatic carbocycles. The summed E-state index contributed by atoms with van der Waals surface area (Å²) in [6.07, 6.45) is 10.5. The van der Waals surface area contributed by atoms with Crippen LogP contribution in [0.2, 0.25) is 0 Å². The number of nitrogens with zero attached hydrogens (tertiary/aromatic N) is 4. The molecule has 0 spiro atoms. The Bertz CT molecular complexity index is 553. The number of nitrogens with one attached hydrogen (secondary N) is 1. The smallest absolute Gasteiger partial charge is 0.193 e. The van der Waals surface area contributed by atoms with E-state index in [1.807, 2.05) is 18.4 Å². The minimum atomic E-state index is 0.781. The van der Waals surface area contributed by atoms with Crippen molar-refractivity contribution in [1.82, 2.24) is 20.1 Å². The zero-order chi connectivity index (χ0) is 17.6. The van der Waals surface area contributed by atoms with Crippen LogP contribution in [0, 0.1) is 0 Å². The van der Waals surface area contributed by atoms with Crippen LogP contribution in [0.15, 0.2) is 4.99 Å². The molecular formula is C19H33N5S. The van der Waals surface area contributed by atoms with Gasteiger partial charge in [0.05, 0.1) is 12.2 Å². The maximum atomic E-state index is 4.85. The Hall–Kier alpha value is -1.14. The Balaban J connectivity index is 1.46. The molecule has 0 aromatic carbocycles. The molecule has 140 valence electrons. The molecular weight excluding hydrogens is 330 g/mol. The van der Waals surface area contributed by atoms with E-state index < -0.39 is 0 Å². The predicted octanol–water partition coefficient (Wildman–Crippen LogP) is 2.90. The van der Waals surface area contributed by atoms with Gasteiger partial charge in [0, 0.05) is 38.1 Å². The van der Waals surface area contributed by atoms with Gasteiger partial charge in [0.25, 0.3) is 0 Å². The number of hydrogen-bond donors (Lipinski definition) is 1. The average molecular weight is 364 g/mol. The molecule has 25 heavy (non-hydrogen) atoms. The zero-order valence-electron chi connectivity index (χ0n) is 16.1. The summed E-state index contributed by atoms with van der Waals surface area (Å²) in [4.78, 5) is 15.5. The van der Waals surface area contributed by atoms with Crippen LogP contribution in [0.3, 0.4) is 0 Å². The van der Waals surface area contributed by atoms with Crippen LogP contribution in [0.1, 0.15) is 54.1 Å². The number of likely N-dealkylation sites (N-methyl/N-ethyl adjacent to an activating group) is 1. The van der Waals surface area contributed by atoms with Gasteiger partial charge in [-0.05, 0) is 45.6 Å². The summed E-state index contributed by atoms with van der Waals surface area (Å²) in [5, 5.41) is 4.74. The molecule has 0 amide bonds. The monoisotopic (exact) mass is 363 g/mol. The van der Waals surface area contributed by atoms with Crippen molar-refractivity contribution < 1.29 is 0 Å². The minimum absolute atomic E-state index is 0.781. The largest absolute Gasteiger partial charge is 0.355 e. The van der Waals surface area contributed by atoms with Gasteiger partial charge in [-0.25, -0.2) is 4.98 Å². The molecule has 1 heterocycles. The Kier molecular flexibility index (Phi) is 6.70. The van der Waals surface area contributed by atoms with Crippen molar-refractivity contribution in [2.24, 2.45) is 4.99 Å². The van der Waals surface area contributed by atoms with E-state index in [1.54, 1.807) is 0 Å². The Morgan fingerprint density at radius 2 is 1.96 bits per heavy atom. The van der Waals surface area contributed by atoms with Crippen molar-refractivity contribution in [2.45, 2.75) is 64.0 Å². The summed E-state index contributed by atoms with van der Waals surface area (Å²) in [5.74, 6) is 0.966. The van der Waals surface area contributed by atoms with E-state index in [-0.39, 0.29) is 0 Å². The highest BCUT2D eigenvalue weighted by Gasteiger charge is 2.19. The molecule has 0 radical (unpaired) electrons. The van der Waals surface area contributed by atoms with Crippen LogP contribution in [-0.4, -0.2) is 61.0 Å². The normalized spacial score (nSPS) is 18.6. The van der Waals surface area contributed by atoms with Crippen molar-refractivity contribution in [3.8, 4) is 0 Å². The van der Waals surface area contributed by atoms with Gasteiger partial charge < -0.3 is 15.1 Å². The molecule has 0 saturated heterocycles. The third kappa shape index (κ3) is 4.94. The molecule has 6 heteroatoms. The molecule has 1 aromatic heterocycles. The topological polar surface area (TPSA) is 43.8 Å². The third-order valence-corrected chi connectivity index (χ3v) is 6.67. The maximum absolute atomic E-state index is 4.85. The highest BCUT2D eigenvalue weighted by molar-refractivity contribution is 7.11. The SMILES string of the molecule is CN=C(NCCN(C)C1CCCC1)N(C)Cc1nc2c(s1)CCCC2. The Morgan fingerprint density at radius 1 is 1.20 bits per heavy atom. The van der Waals surface area contributed by atoms with Crippen molar-refractivity contribution in [3.05, 3.63) is 15.6 Å². The van der Waals surface area contributed by atoms with E-state index >= 15 is 0 Å². The molecule has 1 fully saturated rings. The lowest BCUT2D eigenvalue weighted by molar-refractivity contribution is 0.248. The van der Waals surface area contributed by atoms with E-state index in [9.17, 15) is 0 Å². The van der Waals surface area contributed by atoms with Gasteiger partial charge in [-0.2, -0.15) is 0 Å². The maximum Gasteiger partial charge on any atom is 0.193 e. The van der Waals surface area contributed by atoms with Gasteiger partial charge in [-0.15, -0.1) is 11.3 Å². The lowest BCUT2D eigenvalue weighted by Gasteiger charge is -2.26. The fourth-order valence-electron chi connectivity index (χ4n) is 4.01. The molecule has 3 rings (SSSR count). The van der Waals surface area contributed by atoms with E-state index in [4.69, 9.17) is 4.98 Å². The van der Waals surface area contributed by atoms with E-state index in [0.29, 0.717) is 0 Å². The lowest BCUT2D eigenvalue weighted by Crippen LogP contribution is -2.43. The van der Waals surface area contributed by atoms with Crippen molar-refractivity contribution in [1.29, 1.82) is 0 Å². The van der Waals surface area contributed by atoms with Crippen LogP contribution in [0.4, 0.5) is 0 Å². The first-order valence-electron chi connectivity index (χ1n) is 9.77. The fourth-order valence-corrected chi connectivity index (χ4v) is 5.22. The number of hydrogen-bond acceptors (Lipinski definition) is 4. The van der Waals surface area contributed by atoms with Gasteiger partial charge in [-0.1, -0.05) is 12.8 Å². The predicted molar refractivity (Wildman–Crippen MR) is 106 cm³/mol. The number of aromatic nitrogens is 1. The minimum Gasteiger partial charge on any atom is -0.355 e. The number of rotatable bonds is 6. The summed E-state index contributed by atoms with van der Waals surface area (Å²) >= 11 is 1.89. The molecule has 1 aromatic rings. The molecule has 0 unspecified atom stereocenters. The van der Waals surface area contributed by atoms with Crippen LogP contribution in [0.25, 0.3) is 0 Å². The molecule has 1 N–H and O–H groups in total. The van der Waals surface area contributed by atoms with E-state index in [1.165, 1.54) is 60.5 Å². The highest BCUT2D eigenvalue weighted by Crippen LogP contribution is 2.27. The number of guanidine groups is 1. The number of aliphatic imine (C=N–C) groups is 1. The molecule has 5 nitrogen and oxygen atoms in total. The Morgan fingerprint density at radius 3 is 2.68 bits per heavy atom. The van der Waals surface area contributed by atoms with E-state index in [2.05, 4.69) is 34.2 Å². The van der Waals surface area contributed by atoms with Crippen molar-refractivity contribution in [3.63, 3.8) is 0 Å². The molecule has 2 aliphatic rings. The van der Waals surface area contributed by atoms with Crippen LogP contribution >= 0.6 is 11.3 Å². The van der Waals surface area contributed by atoms with E-state index in [0.717, 1.165) is 38.1 Å². The second-order valence-electron chi connectivity index (χ2n) is 7.43. The van der Waals surface area contributed by atoms with Gasteiger partial charge >= 0.3 is 0 Å². The number of thiazole rings is 1. The van der Waals surface area contributed by atoms with Crippen molar-refractivity contribution >= 4 is 17.3 Å². The Labute approximate surface area is 156 Å². The number of fused-ring (bicyclic) bond motifs is 1. The second kappa shape index (κ2) is 8.99. The molecule has 0 aliphatic heterocycles. The van der Waals surface area contributed by atoms with Crippen LogP contribution in [-0.2, 0) is 19.4 Å². The van der Waals surface area contributed by atoms with Crippen LogP contribution in [0.5, 0.6) is 0 Å². The first-order valence-corrected chi connectivity index (χ1v) is 10.6. The second-order valence-corrected chi connectivity index (χ2v) is 8.60. The third-order valence-electron chi connectivity index (χ3n) is 5.53. The standard InChI is InChI=1S/C19H33N5S/c1-20-19(21-12-13-23(2)15-8-4-5-9-15)24(3)14-18-22-16-10-6-7-11-17(16)25-18/h15H,4-14H2,1-3H3,(H,20,21). The summed E-state index contributed by atoms with van der Waals surface area (Å²) < 4.78 is 0. The lowest BCUT2D eigenvalue weighted by atomic mass is 10.0. The van der Waals surface area contributed by atoms with Crippen molar-refractivity contribution in [2.75, 3.05) is 34.2 Å². The van der Waals surface area contributed by atoms with Gasteiger partial charge in [0.2, 0.25) is 0 Å².